The summed E-state index contributed by atoms with van der Waals surface area (Å²) in [5.74, 6) is -1.39. The van der Waals surface area contributed by atoms with Crippen LogP contribution >= 0.6 is 23.2 Å². The number of fused-ring (bicyclic) bond motifs is 1. The summed E-state index contributed by atoms with van der Waals surface area (Å²) in [6, 6.07) is 13.1. The number of Topliss-reactive ketones (excluding diaryl/α,β-unsaturated/α-hetero) is 2. The van der Waals surface area contributed by atoms with Crippen molar-refractivity contribution in [1.82, 2.24) is 5.32 Å². The average molecular weight is 360 g/mol. The van der Waals surface area contributed by atoms with Gasteiger partial charge in [0.25, 0.3) is 0 Å². The lowest BCUT2D eigenvalue weighted by Crippen LogP contribution is -2.33. The van der Waals surface area contributed by atoms with Crippen molar-refractivity contribution in [3.05, 3.63) is 81.0 Å². The van der Waals surface area contributed by atoms with E-state index in [0.717, 1.165) is 5.56 Å². The number of amides is 1. The molecule has 0 saturated carbocycles. The van der Waals surface area contributed by atoms with Crippen LogP contribution in [0.3, 0.4) is 0 Å². The van der Waals surface area contributed by atoms with Gasteiger partial charge >= 0.3 is 0 Å². The Morgan fingerprint density at radius 2 is 1.46 bits per heavy atom. The second-order valence-corrected chi connectivity index (χ2v) is 6.06. The Kier molecular flexibility index (Phi) is 4.51. The van der Waals surface area contributed by atoms with Gasteiger partial charge in [-0.3, -0.25) is 14.4 Å². The van der Waals surface area contributed by atoms with E-state index >= 15 is 0 Å². The zero-order valence-corrected chi connectivity index (χ0v) is 13.8. The SMILES string of the molecule is O=C(Cc1ccc(Cl)cc1)NC1=C(Cl)C(=O)c2ccccc2C1=O. The number of benzene rings is 2. The largest absolute Gasteiger partial charge is 0.321 e. The number of nitrogens with one attached hydrogen (secondary N) is 1. The zero-order chi connectivity index (χ0) is 17.3. The van der Waals surface area contributed by atoms with E-state index in [1.807, 2.05) is 0 Å². The number of rotatable bonds is 3. The Morgan fingerprint density at radius 3 is 2.08 bits per heavy atom. The van der Waals surface area contributed by atoms with E-state index in [1.165, 1.54) is 12.1 Å². The Labute approximate surface area is 148 Å². The first-order chi connectivity index (χ1) is 11.5. The number of hydrogen-bond donors (Lipinski definition) is 1. The van der Waals surface area contributed by atoms with Crippen LogP contribution in [0.25, 0.3) is 0 Å². The lowest BCUT2D eigenvalue weighted by Gasteiger charge is -2.18. The fourth-order valence-electron chi connectivity index (χ4n) is 2.43. The molecule has 0 atom stereocenters. The van der Waals surface area contributed by atoms with Crippen LogP contribution in [-0.2, 0) is 11.2 Å². The van der Waals surface area contributed by atoms with Gasteiger partial charge in [-0.1, -0.05) is 59.6 Å². The molecule has 6 heteroatoms. The highest BCUT2D eigenvalue weighted by molar-refractivity contribution is 6.50. The highest BCUT2D eigenvalue weighted by atomic mass is 35.5. The van der Waals surface area contributed by atoms with E-state index in [-0.39, 0.29) is 28.3 Å². The van der Waals surface area contributed by atoms with Crippen molar-refractivity contribution >= 4 is 40.7 Å². The summed E-state index contributed by atoms with van der Waals surface area (Å²) < 4.78 is 0. The fourth-order valence-corrected chi connectivity index (χ4v) is 2.79. The molecule has 1 N–H and O–H groups in total. The monoisotopic (exact) mass is 359 g/mol. The van der Waals surface area contributed by atoms with Crippen LogP contribution in [0.15, 0.2) is 59.3 Å². The van der Waals surface area contributed by atoms with Gasteiger partial charge in [0.1, 0.15) is 10.7 Å². The Bertz CT molecular complexity index is 885. The molecule has 0 spiro atoms. The quantitative estimate of drug-likeness (QED) is 0.911. The molecule has 0 aliphatic heterocycles. The number of carbonyl (C=O) groups excluding carboxylic acids is 3. The van der Waals surface area contributed by atoms with Crippen LogP contribution < -0.4 is 5.32 Å². The number of allylic oxidation sites excluding steroid dienone is 2. The van der Waals surface area contributed by atoms with Gasteiger partial charge < -0.3 is 5.32 Å². The van der Waals surface area contributed by atoms with Crippen LogP contribution in [0.5, 0.6) is 0 Å². The molecule has 0 fully saturated rings. The molecule has 24 heavy (non-hydrogen) atoms. The first-order valence-electron chi connectivity index (χ1n) is 7.10. The number of ketones is 2. The van der Waals surface area contributed by atoms with Crippen LogP contribution in [0.1, 0.15) is 26.3 Å². The van der Waals surface area contributed by atoms with E-state index in [0.29, 0.717) is 5.02 Å². The molecule has 2 aromatic rings. The lowest BCUT2D eigenvalue weighted by atomic mass is 9.92. The maximum Gasteiger partial charge on any atom is 0.228 e. The molecule has 3 rings (SSSR count). The normalized spacial score (nSPS) is 13.8. The molecule has 120 valence electrons. The standard InChI is InChI=1S/C18H11Cl2NO3/c19-11-7-5-10(6-8-11)9-14(22)21-16-15(20)17(23)12-3-1-2-4-13(12)18(16)24/h1-8H,9H2,(H,21,22). The Hall–Kier alpha value is -2.43. The van der Waals surface area contributed by atoms with E-state index in [9.17, 15) is 14.4 Å². The van der Waals surface area contributed by atoms with Gasteiger partial charge in [-0.05, 0) is 17.7 Å². The van der Waals surface area contributed by atoms with Crippen molar-refractivity contribution in [3.8, 4) is 0 Å². The number of hydrogen-bond acceptors (Lipinski definition) is 3. The highest BCUT2D eigenvalue weighted by Crippen LogP contribution is 2.27. The van der Waals surface area contributed by atoms with Crippen LogP contribution in [0.4, 0.5) is 0 Å². The summed E-state index contributed by atoms with van der Waals surface area (Å²) in [7, 11) is 0. The van der Waals surface area contributed by atoms with Crippen molar-refractivity contribution in [3.63, 3.8) is 0 Å². The van der Waals surface area contributed by atoms with Crippen molar-refractivity contribution in [1.29, 1.82) is 0 Å². The van der Waals surface area contributed by atoms with Crippen LogP contribution in [0, 0.1) is 0 Å². The van der Waals surface area contributed by atoms with E-state index in [1.54, 1.807) is 36.4 Å². The van der Waals surface area contributed by atoms with Crippen molar-refractivity contribution in [2.75, 3.05) is 0 Å². The third-order valence-electron chi connectivity index (χ3n) is 3.60. The topological polar surface area (TPSA) is 63.2 Å². The van der Waals surface area contributed by atoms with Gasteiger partial charge in [0.15, 0.2) is 0 Å². The second-order valence-electron chi connectivity index (χ2n) is 5.24. The van der Waals surface area contributed by atoms with Crippen LogP contribution in [-0.4, -0.2) is 17.5 Å². The first kappa shape index (κ1) is 16.4. The van der Waals surface area contributed by atoms with Gasteiger partial charge in [0.05, 0.1) is 6.42 Å². The number of halogens is 2. The minimum atomic E-state index is -0.478. The molecule has 4 nitrogen and oxygen atoms in total. The zero-order valence-electron chi connectivity index (χ0n) is 12.3. The minimum absolute atomic E-state index is 0.0357. The van der Waals surface area contributed by atoms with Gasteiger partial charge in [0, 0.05) is 16.1 Å². The average Bonchev–Trinajstić information content (AvgIpc) is 2.59. The van der Waals surface area contributed by atoms with E-state index < -0.39 is 17.5 Å². The highest BCUT2D eigenvalue weighted by Gasteiger charge is 2.32. The molecule has 1 amide bonds. The summed E-state index contributed by atoms with van der Waals surface area (Å²) in [4.78, 5) is 36.9. The maximum absolute atomic E-state index is 12.5. The summed E-state index contributed by atoms with van der Waals surface area (Å²) in [6.07, 6.45) is 0.0357. The third kappa shape index (κ3) is 3.11. The maximum atomic E-state index is 12.5. The van der Waals surface area contributed by atoms with Gasteiger partial charge in [-0.25, -0.2) is 0 Å². The third-order valence-corrected chi connectivity index (χ3v) is 4.22. The van der Waals surface area contributed by atoms with E-state index in [2.05, 4.69) is 5.32 Å². The van der Waals surface area contributed by atoms with Crippen molar-refractivity contribution in [2.24, 2.45) is 0 Å². The van der Waals surface area contributed by atoms with Crippen molar-refractivity contribution < 1.29 is 14.4 Å². The smallest absolute Gasteiger partial charge is 0.228 e. The van der Waals surface area contributed by atoms with Gasteiger partial charge in [-0.15, -0.1) is 0 Å². The Balaban J connectivity index is 1.83. The number of carbonyl (C=O) groups is 3. The predicted octanol–water partition coefficient (Wildman–Crippen LogP) is 3.53. The minimum Gasteiger partial charge on any atom is -0.321 e. The molecule has 0 heterocycles. The molecular weight excluding hydrogens is 349 g/mol. The fraction of sp³-hybridized carbons (Fsp3) is 0.0556. The molecular formula is C18H11Cl2NO3. The molecule has 0 radical (unpaired) electrons. The van der Waals surface area contributed by atoms with Gasteiger partial charge in [0.2, 0.25) is 17.5 Å². The Morgan fingerprint density at radius 1 is 0.875 bits per heavy atom. The van der Waals surface area contributed by atoms with Crippen molar-refractivity contribution in [2.45, 2.75) is 6.42 Å². The molecule has 0 bridgehead atoms. The van der Waals surface area contributed by atoms with E-state index in [4.69, 9.17) is 23.2 Å². The first-order valence-corrected chi connectivity index (χ1v) is 7.85. The molecule has 0 saturated heterocycles. The molecule has 0 unspecified atom stereocenters. The summed E-state index contributed by atoms with van der Waals surface area (Å²) in [6.45, 7) is 0. The summed E-state index contributed by atoms with van der Waals surface area (Å²) in [5.41, 5.74) is 1.01. The molecule has 0 aromatic heterocycles. The molecule has 2 aromatic carbocycles. The lowest BCUT2D eigenvalue weighted by molar-refractivity contribution is -0.119. The van der Waals surface area contributed by atoms with Crippen LogP contribution in [0.2, 0.25) is 5.02 Å². The molecule has 1 aliphatic carbocycles. The van der Waals surface area contributed by atoms with Gasteiger partial charge in [-0.2, -0.15) is 0 Å². The molecule has 1 aliphatic rings. The second kappa shape index (κ2) is 6.59. The predicted molar refractivity (Wildman–Crippen MR) is 91.3 cm³/mol. The summed E-state index contributed by atoms with van der Waals surface area (Å²) >= 11 is 11.8. The summed E-state index contributed by atoms with van der Waals surface area (Å²) in [5, 5.41) is 2.75.